The number of nitrogens with zero attached hydrogens (tertiary/aromatic N) is 2. The van der Waals surface area contributed by atoms with E-state index in [-0.39, 0.29) is 41.6 Å². The standard InChI is InChI=1S/C25H29FN2O5/c1-32-25(31)23-19(14-29)18-13-27-21(22(18)28(23)12-15-8-10-33-11-9-15)7-6-17(24(27)30)16-4-2-3-5-20(16)26/h2-7,15,18-19,22-23,29H,8-14H2,1H3/t18-,19-,22+,23-/m1/s1. The normalized spacial score (nSPS) is 27.4. The largest absolute Gasteiger partial charge is 0.468 e. The first-order valence-corrected chi connectivity index (χ1v) is 11.6. The Morgan fingerprint density at radius 3 is 2.64 bits per heavy atom. The number of hydrogen-bond donors (Lipinski definition) is 1. The molecule has 0 unspecified atom stereocenters. The van der Waals surface area contributed by atoms with Crippen molar-refractivity contribution in [3.63, 3.8) is 0 Å². The molecule has 0 aliphatic carbocycles. The van der Waals surface area contributed by atoms with Crippen LogP contribution in [0.25, 0.3) is 11.1 Å². The van der Waals surface area contributed by atoms with Crippen LogP contribution in [0.3, 0.4) is 0 Å². The lowest BCUT2D eigenvalue weighted by Gasteiger charge is -2.34. The summed E-state index contributed by atoms with van der Waals surface area (Å²) in [5.41, 5.74) is 1.16. The number of hydrogen-bond acceptors (Lipinski definition) is 6. The molecule has 2 saturated heterocycles. The second kappa shape index (κ2) is 9.00. The van der Waals surface area contributed by atoms with Gasteiger partial charge in [-0.05, 0) is 37.0 Å². The van der Waals surface area contributed by atoms with Crippen LogP contribution in [-0.2, 0) is 20.8 Å². The summed E-state index contributed by atoms with van der Waals surface area (Å²) in [6.07, 6.45) is 1.81. The van der Waals surface area contributed by atoms with Crippen molar-refractivity contribution in [1.29, 1.82) is 0 Å². The zero-order chi connectivity index (χ0) is 23.1. The van der Waals surface area contributed by atoms with E-state index in [1.54, 1.807) is 28.8 Å². The van der Waals surface area contributed by atoms with Gasteiger partial charge in [-0.3, -0.25) is 14.5 Å². The van der Waals surface area contributed by atoms with Crippen LogP contribution in [-0.4, -0.2) is 60.1 Å². The van der Waals surface area contributed by atoms with Crippen molar-refractivity contribution in [3.05, 3.63) is 58.3 Å². The molecule has 0 bridgehead atoms. The number of methoxy groups -OCH3 is 1. The minimum atomic E-state index is -0.562. The van der Waals surface area contributed by atoms with E-state index in [0.717, 1.165) is 18.5 Å². The SMILES string of the molecule is COC(=O)[C@H]1[C@H](CO)[C@H]2Cn3c(ccc(-c4ccccc4F)c3=O)[C@H]2N1CC1CCOCC1. The number of rotatable bonds is 5. The summed E-state index contributed by atoms with van der Waals surface area (Å²) in [5, 5.41) is 10.3. The Balaban J connectivity index is 1.56. The Morgan fingerprint density at radius 2 is 1.94 bits per heavy atom. The lowest BCUT2D eigenvalue weighted by molar-refractivity contribution is -0.148. The predicted molar refractivity (Wildman–Crippen MR) is 119 cm³/mol. The first-order chi connectivity index (χ1) is 16.0. The Labute approximate surface area is 191 Å². The predicted octanol–water partition coefficient (Wildman–Crippen LogP) is 2.22. The van der Waals surface area contributed by atoms with Gasteiger partial charge in [-0.25, -0.2) is 4.39 Å². The van der Waals surface area contributed by atoms with Gasteiger partial charge in [-0.1, -0.05) is 18.2 Å². The zero-order valence-electron chi connectivity index (χ0n) is 18.7. The van der Waals surface area contributed by atoms with Crippen molar-refractivity contribution < 1.29 is 23.8 Å². The van der Waals surface area contributed by atoms with Crippen LogP contribution in [0.2, 0.25) is 0 Å². The van der Waals surface area contributed by atoms with E-state index in [9.17, 15) is 19.1 Å². The summed E-state index contributed by atoms with van der Waals surface area (Å²) in [5.74, 6) is -0.885. The van der Waals surface area contributed by atoms with Crippen LogP contribution in [0.5, 0.6) is 0 Å². The molecule has 8 heteroatoms. The van der Waals surface area contributed by atoms with E-state index < -0.39 is 11.9 Å². The van der Waals surface area contributed by atoms with Gasteiger partial charge < -0.3 is 19.1 Å². The third-order valence-electron chi connectivity index (χ3n) is 7.61. The van der Waals surface area contributed by atoms with Crippen molar-refractivity contribution in [3.8, 4) is 11.1 Å². The van der Waals surface area contributed by atoms with Gasteiger partial charge >= 0.3 is 5.97 Å². The summed E-state index contributed by atoms with van der Waals surface area (Å²) in [4.78, 5) is 28.4. The maximum Gasteiger partial charge on any atom is 0.323 e. The maximum absolute atomic E-state index is 14.4. The number of esters is 1. The fourth-order valence-corrected chi connectivity index (χ4v) is 6.01. The molecule has 1 N–H and O–H groups in total. The molecule has 3 aliphatic rings. The van der Waals surface area contributed by atoms with Crippen LogP contribution in [0.1, 0.15) is 24.6 Å². The number of halogens is 1. The van der Waals surface area contributed by atoms with E-state index in [2.05, 4.69) is 4.90 Å². The molecule has 2 fully saturated rings. The summed E-state index contributed by atoms with van der Waals surface area (Å²) in [7, 11) is 1.37. The number of pyridine rings is 1. The molecule has 1 aromatic carbocycles. The molecule has 33 heavy (non-hydrogen) atoms. The highest BCUT2D eigenvalue weighted by Gasteiger charge is 2.56. The first-order valence-electron chi connectivity index (χ1n) is 11.6. The molecule has 7 nitrogen and oxygen atoms in total. The highest BCUT2D eigenvalue weighted by atomic mass is 19.1. The molecule has 3 aliphatic heterocycles. The molecule has 1 aromatic heterocycles. The fraction of sp³-hybridized carbons (Fsp3) is 0.520. The van der Waals surface area contributed by atoms with Gasteiger partial charge in [0, 0.05) is 56.0 Å². The number of fused-ring (bicyclic) bond motifs is 3. The second-order valence-electron chi connectivity index (χ2n) is 9.24. The zero-order valence-corrected chi connectivity index (χ0v) is 18.7. The Hall–Kier alpha value is -2.55. The molecular formula is C25H29FN2O5. The summed E-state index contributed by atoms with van der Waals surface area (Å²) < 4.78 is 26.7. The molecule has 0 radical (unpaired) electrons. The number of aromatic nitrogens is 1. The van der Waals surface area contributed by atoms with E-state index in [0.29, 0.717) is 37.8 Å². The van der Waals surface area contributed by atoms with Crippen molar-refractivity contribution in [1.82, 2.24) is 9.47 Å². The fourth-order valence-electron chi connectivity index (χ4n) is 6.01. The van der Waals surface area contributed by atoms with E-state index >= 15 is 0 Å². The smallest absolute Gasteiger partial charge is 0.323 e. The summed E-state index contributed by atoms with van der Waals surface area (Å²) in [6, 6.07) is 9.07. The Bertz CT molecular complexity index is 1100. The average molecular weight is 457 g/mol. The average Bonchev–Trinajstić information content (AvgIpc) is 3.36. The quantitative estimate of drug-likeness (QED) is 0.695. The Morgan fingerprint density at radius 1 is 1.18 bits per heavy atom. The lowest BCUT2D eigenvalue weighted by Crippen LogP contribution is -2.46. The van der Waals surface area contributed by atoms with Gasteiger partial charge in [0.2, 0.25) is 0 Å². The van der Waals surface area contributed by atoms with Gasteiger partial charge in [0.25, 0.3) is 5.56 Å². The van der Waals surface area contributed by atoms with E-state index in [4.69, 9.17) is 9.47 Å². The Kier molecular flexibility index (Phi) is 6.07. The first kappa shape index (κ1) is 22.3. The molecule has 5 rings (SSSR count). The van der Waals surface area contributed by atoms with Gasteiger partial charge in [0.05, 0.1) is 18.7 Å². The van der Waals surface area contributed by atoms with Crippen molar-refractivity contribution in [2.24, 2.45) is 17.8 Å². The van der Waals surface area contributed by atoms with Gasteiger partial charge in [-0.15, -0.1) is 0 Å². The molecule has 0 spiro atoms. The molecule has 4 heterocycles. The second-order valence-corrected chi connectivity index (χ2v) is 9.24. The monoisotopic (exact) mass is 456 g/mol. The van der Waals surface area contributed by atoms with Crippen LogP contribution < -0.4 is 5.56 Å². The molecule has 176 valence electrons. The highest BCUT2D eigenvalue weighted by molar-refractivity contribution is 5.77. The minimum absolute atomic E-state index is 0.109. The number of likely N-dealkylation sites (tertiary alicyclic amines) is 1. The third-order valence-corrected chi connectivity index (χ3v) is 7.61. The molecular weight excluding hydrogens is 427 g/mol. The number of benzene rings is 1. The topological polar surface area (TPSA) is 81.0 Å². The summed E-state index contributed by atoms with van der Waals surface area (Å²) >= 11 is 0. The molecule has 4 atom stereocenters. The number of aliphatic hydroxyl groups is 1. The van der Waals surface area contributed by atoms with Gasteiger partial charge in [0.15, 0.2) is 0 Å². The van der Waals surface area contributed by atoms with Crippen molar-refractivity contribution in [2.75, 3.05) is 33.5 Å². The van der Waals surface area contributed by atoms with Crippen molar-refractivity contribution >= 4 is 5.97 Å². The van der Waals surface area contributed by atoms with Gasteiger partial charge in [-0.2, -0.15) is 0 Å². The maximum atomic E-state index is 14.4. The highest BCUT2D eigenvalue weighted by Crippen LogP contribution is 2.50. The van der Waals surface area contributed by atoms with Crippen LogP contribution >= 0.6 is 0 Å². The van der Waals surface area contributed by atoms with Crippen LogP contribution in [0.4, 0.5) is 4.39 Å². The minimum Gasteiger partial charge on any atom is -0.468 e. The number of ether oxygens (including phenoxy) is 2. The van der Waals surface area contributed by atoms with E-state index in [1.165, 1.54) is 13.2 Å². The number of aliphatic hydroxyl groups excluding tert-OH is 1. The third kappa shape index (κ3) is 3.70. The number of carbonyl (C=O) groups excluding carboxylic acids is 1. The lowest BCUT2D eigenvalue weighted by atomic mass is 9.88. The van der Waals surface area contributed by atoms with Crippen LogP contribution in [0, 0.1) is 23.6 Å². The summed E-state index contributed by atoms with van der Waals surface area (Å²) in [6.45, 7) is 2.27. The molecule has 0 saturated carbocycles. The molecule has 0 amide bonds. The van der Waals surface area contributed by atoms with Gasteiger partial charge in [0.1, 0.15) is 11.9 Å². The van der Waals surface area contributed by atoms with Crippen LogP contribution in [0.15, 0.2) is 41.2 Å². The van der Waals surface area contributed by atoms with E-state index in [1.807, 2.05) is 6.07 Å². The molecule has 2 aromatic rings. The number of carbonyl (C=O) groups is 1. The van der Waals surface area contributed by atoms with Crippen molar-refractivity contribution in [2.45, 2.75) is 31.5 Å².